The molecule has 0 spiro atoms. The first-order valence-electron chi connectivity index (χ1n) is 11.5. The van der Waals surface area contributed by atoms with Crippen LogP contribution in [-0.2, 0) is 12.8 Å². The summed E-state index contributed by atoms with van der Waals surface area (Å²) in [6.45, 7) is 4.28. The highest BCUT2D eigenvalue weighted by molar-refractivity contribution is 7.99. The van der Waals surface area contributed by atoms with Crippen molar-refractivity contribution in [2.45, 2.75) is 31.8 Å². The smallest absolute Gasteiger partial charge is 0.196 e. The molecule has 0 saturated carbocycles. The standard InChI is InChI=1S/C27H28N4O3S/c1-5-18-9-7-10-19(6-2)25(18)31-26(20-11-8-14-28-16-20)29-30-27(31)35-17-23(32)22-13-12-21(33-3)15-24(22)34-4/h7-16H,5-6,17H2,1-4H3. The molecule has 0 fully saturated rings. The van der Waals surface area contributed by atoms with Gasteiger partial charge in [0.25, 0.3) is 0 Å². The average molecular weight is 489 g/mol. The van der Waals surface area contributed by atoms with E-state index in [9.17, 15) is 4.79 Å². The molecule has 8 heteroatoms. The summed E-state index contributed by atoms with van der Waals surface area (Å²) in [5.41, 5.74) is 4.82. The summed E-state index contributed by atoms with van der Waals surface area (Å²) in [5, 5.41) is 9.67. The zero-order chi connectivity index (χ0) is 24.8. The Bertz CT molecular complexity index is 1300. The van der Waals surface area contributed by atoms with Gasteiger partial charge in [0.2, 0.25) is 0 Å². The van der Waals surface area contributed by atoms with Crippen molar-refractivity contribution in [2.24, 2.45) is 0 Å². The van der Waals surface area contributed by atoms with Gasteiger partial charge in [0.05, 0.1) is 31.2 Å². The lowest BCUT2D eigenvalue weighted by Crippen LogP contribution is -2.09. The molecule has 2 aromatic heterocycles. The molecule has 0 bridgehead atoms. The molecule has 0 aliphatic carbocycles. The fourth-order valence-corrected chi connectivity index (χ4v) is 4.81. The Morgan fingerprint density at radius 1 is 0.971 bits per heavy atom. The number of para-hydroxylation sites is 1. The number of hydrogen-bond donors (Lipinski definition) is 0. The van der Waals surface area contributed by atoms with E-state index in [2.05, 4.69) is 51.8 Å². The van der Waals surface area contributed by atoms with Crippen LogP contribution in [-0.4, -0.2) is 45.5 Å². The van der Waals surface area contributed by atoms with Gasteiger partial charge in [-0.25, -0.2) is 0 Å². The van der Waals surface area contributed by atoms with Gasteiger partial charge in [-0.3, -0.25) is 14.3 Å². The highest BCUT2D eigenvalue weighted by Crippen LogP contribution is 2.33. The van der Waals surface area contributed by atoms with Crippen LogP contribution in [0.3, 0.4) is 0 Å². The zero-order valence-corrected chi connectivity index (χ0v) is 21.1. The minimum absolute atomic E-state index is 0.0635. The average Bonchev–Trinajstić information content (AvgIpc) is 3.34. The van der Waals surface area contributed by atoms with Gasteiger partial charge in [-0.15, -0.1) is 10.2 Å². The molecule has 0 unspecified atom stereocenters. The summed E-state index contributed by atoms with van der Waals surface area (Å²) >= 11 is 1.36. The second-order valence-electron chi connectivity index (χ2n) is 7.79. The van der Waals surface area contributed by atoms with Gasteiger partial charge in [-0.05, 0) is 48.2 Å². The van der Waals surface area contributed by atoms with Crippen LogP contribution in [0.15, 0.2) is 66.1 Å². The Balaban J connectivity index is 1.75. The van der Waals surface area contributed by atoms with E-state index in [4.69, 9.17) is 9.47 Å². The fraction of sp³-hybridized carbons (Fsp3) is 0.259. The molecule has 180 valence electrons. The molecule has 35 heavy (non-hydrogen) atoms. The van der Waals surface area contributed by atoms with Crippen LogP contribution in [0.4, 0.5) is 0 Å². The van der Waals surface area contributed by atoms with E-state index in [-0.39, 0.29) is 11.5 Å². The highest BCUT2D eigenvalue weighted by Gasteiger charge is 2.22. The Morgan fingerprint density at radius 3 is 2.37 bits per heavy atom. The van der Waals surface area contributed by atoms with Gasteiger partial charge in [0, 0.05) is 24.0 Å². The number of ether oxygens (including phenoxy) is 2. The Hall–Kier alpha value is -3.65. The number of rotatable bonds is 10. The van der Waals surface area contributed by atoms with Crippen LogP contribution in [0.25, 0.3) is 17.1 Å². The number of ketones is 1. The number of nitrogens with zero attached hydrogens (tertiary/aromatic N) is 4. The predicted octanol–water partition coefficient (Wildman–Crippen LogP) is 5.45. The van der Waals surface area contributed by atoms with E-state index in [0.717, 1.165) is 24.1 Å². The molecule has 4 aromatic rings. The minimum Gasteiger partial charge on any atom is -0.497 e. The fourth-order valence-electron chi connectivity index (χ4n) is 3.99. The Labute approximate surface area is 209 Å². The quantitative estimate of drug-likeness (QED) is 0.217. The molecular formula is C27H28N4O3S. The van der Waals surface area contributed by atoms with Gasteiger partial charge in [-0.2, -0.15) is 0 Å². The molecule has 2 heterocycles. The van der Waals surface area contributed by atoms with E-state index in [1.807, 2.05) is 12.1 Å². The van der Waals surface area contributed by atoms with Crippen LogP contribution in [0.2, 0.25) is 0 Å². The van der Waals surface area contributed by atoms with Crippen molar-refractivity contribution in [2.75, 3.05) is 20.0 Å². The molecule has 0 saturated heterocycles. The maximum absolute atomic E-state index is 13.2. The third kappa shape index (κ3) is 5.07. The summed E-state index contributed by atoms with van der Waals surface area (Å²) < 4.78 is 12.7. The molecule has 0 radical (unpaired) electrons. The summed E-state index contributed by atoms with van der Waals surface area (Å²) in [6.07, 6.45) is 5.24. The monoisotopic (exact) mass is 488 g/mol. The van der Waals surface area contributed by atoms with Gasteiger partial charge in [0.1, 0.15) is 11.5 Å². The van der Waals surface area contributed by atoms with Crippen LogP contribution in [0.5, 0.6) is 11.5 Å². The number of thioether (sulfide) groups is 1. The molecular weight excluding hydrogens is 460 g/mol. The number of hydrogen-bond acceptors (Lipinski definition) is 7. The lowest BCUT2D eigenvalue weighted by atomic mass is 10.0. The normalized spacial score (nSPS) is 10.9. The van der Waals surface area contributed by atoms with Crippen LogP contribution in [0.1, 0.15) is 35.3 Å². The number of aryl methyl sites for hydroxylation is 2. The molecule has 0 atom stereocenters. The van der Waals surface area contributed by atoms with E-state index >= 15 is 0 Å². The van der Waals surface area contributed by atoms with Crippen molar-refractivity contribution in [3.8, 4) is 28.6 Å². The Kier molecular flexibility index (Phi) is 7.82. The first kappa shape index (κ1) is 24.5. The van der Waals surface area contributed by atoms with Crippen molar-refractivity contribution in [1.29, 1.82) is 0 Å². The first-order valence-corrected chi connectivity index (χ1v) is 12.4. The number of methoxy groups -OCH3 is 2. The molecule has 0 aliphatic heterocycles. The van der Waals surface area contributed by atoms with Crippen molar-refractivity contribution >= 4 is 17.5 Å². The maximum Gasteiger partial charge on any atom is 0.196 e. The SMILES string of the molecule is CCc1cccc(CC)c1-n1c(SCC(=O)c2ccc(OC)cc2OC)nnc1-c1cccnc1. The van der Waals surface area contributed by atoms with Crippen molar-refractivity contribution < 1.29 is 14.3 Å². The molecule has 0 N–H and O–H groups in total. The molecule has 2 aromatic carbocycles. The minimum atomic E-state index is -0.0635. The maximum atomic E-state index is 13.2. The van der Waals surface area contributed by atoms with E-state index in [1.54, 1.807) is 44.8 Å². The third-order valence-electron chi connectivity index (χ3n) is 5.78. The van der Waals surface area contributed by atoms with Crippen molar-refractivity contribution in [3.05, 3.63) is 77.6 Å². The van der Waals surface area contributed by atoms with E-state index in [1.165, 1.54) is 22.9 Å². The number of pyridine rings is 1. The number of benzene rings is 2. The van der Waals surface area contributed by atoms with Crippen molar-refractivity contribution in [3.63, 3.8) is 0 Å². The summed E-state index contributed by atoms with van der Waals surface area (Å²) in [6, 6.07) is 15.4. The number of aromatic nitrogens is 4. The van der Waals surface area contributed by atoms with E-state index < -0.39 is 0 Å². The summed E-state index contributed by atoms with van der Waals surface area (Å²) in [4.78, 5) is 17.4. The Morgan fingerprint density at radius 2 is 1.74 bits per heavy atom. The lowest BCUT2D eigenvalue weighted by Gasteiger charge is -2.18. The molecule has 0 aliphatic rings. The lowest BCUT2D eigenvalue weighted by molar-refractivity contribution is 0.101. The van der Waals surface area contributed by atoms with Crippen LogP contribution in [0, 0.1) is 0 Å². The zero-order valence-electron chi connectivity index (χ0n) is 20.3. The largest absolute Gasteiger partial charge is 0.497 e. The molecule has 0 amide bonds. The number of carbonyl (C=O) groups is 1. The van der Waals surface area contributed by atoms with Gasteiger partial charge >= 0.3 is 0 Å². The van der Waals surface area contributed by atoms with Crippen molar-refractivity contribution in [1.82, 2.24) is 19.7 Å². The summed E-state index contributed by atoms with van der Waals surface area (Å²) in [5.74, 6) is 1.94. The van der Waals surface area contributed by atoms with Gasteiger partial charge in [-0.1, -0.05) is 43.8 Å². The van der Waals surface area contributed by atoms with Gasteiger partial charge in [0.15, 0.2) is 16.8 Å². The molecule has 7 nitrogen and oxygen atoms in total. The highest BCUT2D eigenvalue weighted by atomic mass is 32.2. The third-order valence-corrected chi connectivity index (χ3v) is 6.71. The summed E-state index contributed by atoms with van der Waals surface area (Å²) in [7, 11) is 3.13. The van der Waals surface area contributed by atoms with Crippen LogP contribution >= 0.6 is 11.8 Å². The number of carbonyl (C=O) groups excluding carboxylic acids is 1. The molecule has 4 rings (SSSR count). The first-order chi connectivity index (χ1) is 17.1. The number of Topliss-reactive ketones (excluding diaryl/α,β-unsaturated/α-hetero) is 1. The van der Waals surface area contributed by atoms with Crippen LogP contribution < -0.4 is 9.47 Å². The topological polar surface area (TPSA) is 79.1 Å². The second-order valence-corrected chi connectivity index (χ2v) is 8.74. The predicted molar refractivity (Wildman–Crippen MR) is 138 cm³/mol. The second kappa shape index (κ2) is 11.2. The van der Waals surface area contributed by atoms with E-state index in [0.29, 0.717) is 28.0 Å². The van der Waals surface area contributed by atoms with Gasteiger partial charge < -0.3 is 9.47 Å².